The Morgan fingerprint density at radius 2 is 2.25 bits per heavy atom. The fraction of sp³-hybridized carbons (Fsp3) is 0.750. The number of hydrogen-bond acceptors (Lipinski definition) is 4. The molecular weight excluding hydrogens is 160 g/mol. The van der Waals surface area contributed by atoms with Gasteiger partial charge in [-0.15, -0.1) is 0 Å². The molecule has 0 fully saturated rings. The zero-order chi connectivity index (χ0) is 8.97. The quantitative estimate of drug-likeness (QED) is 0.574. The molecule has 4 heteroatoms. The summed E-state index contributed by atoms with van der Waals surface area (Å²) in [4.78, 5) is 0. The summed E-state index contributed by atoms with van der Waals surface area (Å²) in [6.45, 7) is 2.20. The van der Waals surface area contributed by atoms with Crippen LogP contribution in [0, 0.1) is 0 Å². The SMILES string of the molecule is CCO[C@@H]1C=C[C@@H](O)[C@@H](CO)O1. The molecule has 1 rings (SSSR count). The Kier molecular flexibility index (Phi) is 3.68. The molecule has 0 amide bonds. The lowest BCUT2D eigenvalue weighted by Crippen LogP contribution is -2.38. The van der Waals surface area contributed by atoms with Gasteiger partial charge in [0.05, 0.1) is 6.61 Å². The van der Waals surface area contributed by atoms with Crippen LogP contribution in [-0.2, 0) is 9.47 Å². The molecule has 0 spiro atoms. The highest BCUT2D eigenvalue weighted by Gasteiger charge is 2.24. The lowest BCUT2D eigenvalue weighted by molar-refractivity contribution is -0.177. The van der Waals surface area contributed by atoms with Crippen molar-refractivity contribution in [2.75, 3.05) is 13.2 Å². The molecule has 4 nitrogen and oxygen atoms in total. The van der Waals surface area contributed by atoms with Crippen LogP contribution in [0.2, 0.25) is 0 Å². The summed E-state index contributed by atoms with van der Waals surface area (Å²) in [6.07, 6.45) is 1.49. The molecular formula is C8H14O4. The Morgan fingerprint density at radius 1 is 1.50 bits per heavy atom. The number of ether oxygens (including phenoxy) is 2. The lowest BCUT2D eigenvalue weighted by atomic mass is 10.1. The van der Waals surface area contributed by atoms with Crippen LogP contribution in [0.3, 0.4) is 0 Å². The third-order valence-corrected chi connectivity index (χ3v) is 1.67. The van der Waals surface area contributed by atoms with Gasteiger partial charge in [-0.25, -0.2) is 0 Å². The highest BCUT2D eigenvalue weighted by Crippen LogP contribution is 2.13. The van der Waals surface area contributed by atoms with Gasteiger partial charge < -0.3 is 19.7 Å². The van der Waals surface area contributed by atoms with Gasteiger partial charge in [-0.1, -0.05) is 6.08 Å². The summed E-state index contributed by atoms with van der Waals surface area (Å²) in [5.41, 5.74) is 0. The van der Waals surface area contributed by atoms with E-state index >= 15 is 0 Å². The van der Waals surface area contributed by atoms with Crippen LogP contribution in [0.1, 0.15) is 6.92 Å². The van der Waals surface area contributed by atoms with Crippen molar-refractivity contribution in [3.63, 3.8) is 0 Å². The van der Waals surface area contributed by atoms with E-state index < -0.39 is 18.5 Å². The van der Waals surface area contributed by atoms with Gasteiger partial charge in [0, 0.05) is 6.61 Å². The van der Waals surface area contributed by atoms with Crippen LogP contribution in [-0.4, -0.2) is 41.9 Å². The van der Waals surface area contributed by atoms with E-state index in [1.165, 1.54) is 0 Å². The van der Waals surface area contributed by atoms with Crippen molar-refractivity contribution in [2.24, 2.45) is 0 Å². The first-order valence-corrected chi connectivity index (χ1v) is 4.02. The molecule has 1 aliphatic heterocycles. The molecule has 1 aliphatic rings. The van der Waals surface area contributed by atoms with Crippen LogP contribution in [0.15, 0.2) is 12.2 Å². The minimum atomic E-state index is -0.730. The zero-order valence-corrected chi connectivity index (χ0v) is 7.01. The predicted molar refractivity (Wildman–Crippen MR) is 42.5 cm³/mol. The summed E-state index contributed by atoms with van der Waals surface area (Å²) < 4.78 is 10.3. The second kappa shape index (κ2) is 4.57. The molecule has 0 aromatic rings. The second-order valence-electron chi connectivity index (χ2n) is 2.56. The maximum atomic E-state index is 9.23. The zero-order valence-electron chi connectivity index (χ0n) is 7.01. The average molecular weight is 174 g/mol. The third-order valence-electron chi connectivity index (χ3n) is 1.67. The molecule has 12 heavy (non-hydrogen) atoms. The Morgan fingerprint density at radius 3 is 2.83 bits per heavy atom. The Labute approximate surface area is 71.4 Å². The number of hydrogen-bond donors (Lipinski definition) is 2. The van der Waals surface area contributed by atoms with Gasteiger partial charge in [0.15, 0.2) is 6.29 Å². The number of aliphatic hydroxyl groups excluding tert-OH is 2. The van der Waals surface area contributed by atoms with Gasteiger partial charge >= 0.3 is 0 Å². The van der Waals surface area contributed by atoms with Crippen LogP contribution in [0.5, 0.6) is 0 Å². The fourth-order valence-corrected chi connectivity index (χ4v) is 1.04. The van der Waals surface area contributed by atoms with Crippen molar-refractivity contribution in [1.82, 2.24) is 0 Å². The molecule has 0 saturated heterocycles. The summed E-state index contributed by atoms with van der Waals surface area (Å²) in [6, 6.07) is 0. The van der Waals surface area contributed by atoms with E-state index in [0.29, 0.717) is 6.61 Å². The van der Waals surface area contributed by atoms with Crippen molar-refractivity contribution in [3.8, 4) is 0 Å². The van der Waals surface area contributed by atoms with Crippen molar-refractivity contribution in [3.05, 3.63) is 12.2 Å². The molecule has 0 unspecified atom stereocenters. The van der Waals surface area contributed by atoms with Crippen LogP contribution >= 0.6 is 0 Å². The molecule has 0 aromatic carbocycles. The van der Waals surface area contributed by atoms with Crippen LogP contribution in [0.25, 0.3) is 0 Å². The van der Waals surface area contributed by atoms with E-state index in [2.05, 4.69) is 0 Å². The van der Waals surface area contributed by atoms with Crippen molar-refractivity contribution in [1.29, 1.82) is 0 Å². The maximum absolute atomic E-state index is 9.23. The number of rotatable bonds is 3. The van der Waals surface area contributed by atoms with Crippen molar-refractivity contribution >= 4 is 0 Å². The molecule has 0 aromatic heterocycles. The normalized spacial score (nSPS) is 35.4. The summed E-state index contributed by atoms with van der Waals surface area (Å²) in [5.74, 6) is 0. The molecule has 0 aliphatic carbocycles. The van der Waals surface area contributed by atoms with Gasteiger partial charge in [-0.2, -0.15) is 0 Å². The standard InChI is InChI=1S/C8H14O4/c1-2-11-8-4-3-6(10)7(5-9)12-8/h3-4,6-10H,2,5H2,1H3/t6-,7-,8+/m1/s1. The summed E-state index contributed by atoms with van der Waals surface area (Å²) in [5, 5.41) is 18.0. The Balaban J connectivity index is 2.46. The smallest absolute Gasteiger partial charge is 0.177 e. The molecule has 0 saturated carbocycles. The predicted octanol–water partition coefficient (Wildman–Crippen LogP) is -0.343. The molecule has 3 atom stereocenters. The molecule has 1 heterocycles. The van der Waals surface area contributed by atoms with Gasteiger partial charge in [0.2, 0.25) is 0 Å². The first kappa shape index (κ1) is 9.67. The second-order valence-corrected chi connectivity index (χ2v) is 2.56. The van der Waals surface area contributed by atoms with E-state index in [0.717, 1.165) is 0 Å². The first-order valence-electron chi connectivity index (χ1n) is 4.02. The van der Waals surface area contributed by atoms with E-state index in [4.69, 9.17) is 14.6 Å². The molecule has 0 radical (unpaired) electrons. The topological polar surface area (TPSA) is 58.9 Å². The van der Waals surface area contributed by atoms with Gasteiger partial charge in [0.25, 0.3) is 0 Å². The molecule has 0 bridgehead atoms. The fourth-order valence-electron chi connectivity index (χ4n) is 1.04. The average Bonchev–Trinajstić information content (AvgIpc) is 2.09. The molecule has 2 N–H and O–H groups in total. The minimum absolute atomic E-state index is 0.199. The maximum Gasteiger partial charge on any atom is 0.177 e. The highest BCUT2D eigenvalue weighted by molar-refractivity contribution is 4.99. The van der Waals surface area contributed by atoms with Gasteiger partial charge in [0.1, 0.15) is 12.2 Å². The van der Waals surface area contributed by atoms with E-state index in [1.54, 1.807) is 12.2 Å². The minimum Gasteiger partial charge on any atom is -0.394 e. The summed E-state index contributed by atoms with van der Waals surface area (Å²) in [7, 11) is 0. The Bertz CT molecular complexity index is 157. The van der Waals surface area contributed by atoms with Gasteiger partial charge in [-0.3, -0.25) is 0 Å². The van der Waals surface area contributed by atoms with Crippen LogP contribution in [0.4, 0.5) is 0 Å². The van der Waals surface area contributed by atoms with Crippen LogP contribution < -0.4 is 0 Å². The highest BCUT2D eigenvalue weighted by atomic mass is 16.7. The number of aliphatic hydroxyl groups is 2. The summed E-state index contributed by atoms with van der Waals surface area (Å²) >= 11 is 0. The Hall–Kier alpha value is -0.420. The van der Waals surface area contributed by atoms with E-state index in [9.17, 15) is 5.11 Å². The monoisotopic (exact) mass is 174 g/mol. The van der Waals surface area contributed by atoms with Gasteiger partial charge in [-0.05, 0) is 13.0 Å². The first-order chi connectivity index (χ1) is 5.77. The largest absolute Gasteiger partial charge is 0.394 e. The van der Waals surface area contributed by atoms with Crippen molar-refractivity contribution < 1.29 is 19.7 Å². The van der Waals surface area contributed by atoms with Crippen molar-refractivity contribution in [2.45, 2.75) is 25.4 Å². The lowest BCUT2D eigenvalue weighted by Gasteiger charge is -2.27. The third kappa shape index (κ3) is 2.28. The molecule has 70 valence electrons. The van der Waals surface area contributed by atoms with E-state index in [-0.39, 0.29) is 6.61 Å². The van der Waals surface area contributed by atoms with E-state index in [1.807, 2.05) is 6.92 Å².